The van der Waals surface area contributed by atoms with Gasteiger partial charge in [-0.05, 0) is 55.2 Å². The SMILES string of the molecule is C=C1N(C(=O)c2ccccc2)N2c3ccccc3C=C[C@H]2[C@]1(Cc1ccccc1C)C(=O)OCC. The first-order valence-electron chi connectivity index (χ1n) is 11.9. The molecule has 0 spiro atoms. The Balaban J connectivity index is 1.73. The monoisotopic (exact) mass is 464 g/mol. The fraction of sp³-hybridized carbons (Fsp3) is 0.200. The number of para-hydroxylation sites is 1. The van der Waals surface area contributed by atoms with E-state index < -0.39 is 11.5 Å². The zero-order chi connectivity index (χ0) is 24.6. The predicted octanol–water partition coefficient (Wildman–Crippen LogP) is 5.57. The van der Waals surface area contributed by atoms with Crippen LogP contribution in [0.15, 0.2) is 97.2 Å². The lowest BCUT2D eigenvalue weighted by Crippen LogP contribution is -2.49. The zero-order valence-corrected chi connectivity index (χ0v) is 20.0. The van der Waals surface area contributed by atoms with Crippen LogP contribution >= 0.6 is 0 Å². The van der Waals surface area contributed by atoms with E-state index in [9.17, 15) is 9.59 Å². The summed E-state index contributed by atoms with van der Waals surface area (Å²) in [6.45, 7) is 8.46. The lowest BCUT2D eigenvalue weighted by molar-refractivity contribution is -0.153. The first-order valence-corrected chi connectivity index (χ1v) is 11.9. The maximum Gasteiger partial charge on any atom is 0.321 e. The third kappa shape index (κ3) is 3.55. The van der Waals surface area contributed by atoms with Crippen molar-refractivity contribution in [2.45, 2.75) is 26.3 Å². The van der Waals surface area contributed by atoms with Crippen LogP contribution < -0.4 is 5.01 Å². The van der Waals surface area contributed by atoms with E-state index in [4.69, 9.17) is 4.74 Å². The number of rotatable bonds is 5. The number of benzene rings is 3. The minimum atomic E-state index is -1.18. The Hall–Kier alpha value is -4.12. The molecule has 176 valence electrons. The van der Waals surface area contributed by atoms with Crippen molar-refractivity contribution in [3.8, 4) is 0 Å². The normalized spacial score (nSPS) is 20.4. The molecule has 3 aromatic rings. The highest BCUT2D eigenvalue weighted by molar-refractivity contribution is 6.00. The van der Waals surface area contributed by atoms with E-state index in [-0.39, 0.29) is 18.5 Å². The molecule has 5 rings (SSSR count). The van der Waals surface area contributed by atoms with Crippen LogP contribution in [0.5, 0.6) is 0 Å². The molecule has 0 aromatic heterocycles. The Bertz CT molecular complexity index is 1330. The smallest absolute Gasteiger partial charge is 0.321 e. The number of hydrogen-bond acceptors (Lipinski definition) is 4. The Morgan fingerprint density at radius 3 is 2.40 bits per heavy atom. The van der Waals surface area contributed by atoms with Gasteiger partial charge in [0.25, 0.3) is 5.91 Å². The molecule has 5 nitrogen and oxygen atoms in total. The molecular weight excluding hydrogens is 436 g/mol. The van der Waals surface area contributed by atoms with E-state index in [1.807, 2.05) is 90.8 Å². The highest BCUT2D eigenvalue weighted by Gasteiger charge is 2.62. The van der Waals surface area contributed by atoms with E-state index in [1.165, 1.54) is 0 Å². The molecule has 0 N–H and O–H groups in total. The molecule has 5 heteroatoms. The summed E-state index contributed by atoms with van der Waals surface area (Å²) in [5.74, 6) is -0.614. The summed E-state index contributed by atoms with van der Waals surface area (Å²) >= 11 is 0. The minimum Gasteiger partial charge on any atom is -0.465 e. The Morgan fingerprint density at radius 1 is 0.971 bits per heavy atom. The van der Waals surface area contributed by atoms with Gasteiger partial charge in [-0.2, -0.15) is 0 Å². The molecule has 2 aliphatic heterocycles. The van der Waals surface area contributed by atoms with Crippen molar-refractivity contribution in [3.63, 3.8) is 0 Å². The van der Waals surface area contributed by atoms with Gasteiger partial charge in [0.15, 0.2) is 0 Å². The minimum absolute atomic E-state index is 0.235. The summed E-state index contributed by atoms with van der Waals surface area (Å²) < 4.78 is 5.68. The molecule has 1 saturated heterocycles. The third-order valence-corrected chi connectivity index (χ3v) is 6.98. The van der Waals surface area contributed by atoms with E-state index in [2.05, 4.69) is 6.58 Å². The molecule has 3 aromatic carbocycles. The van der Waals surface area contributed by atoms with Gasteiger partial charge in [-0.15, -0.1) is 0 Å². The van der Waals surface area contributed by atoms with Crippen LogP contribution in [0.2, 0.25) is 0 Å². The first kappa shape index (κ1) is 22.7. The molecule has 1 fully saturated rings. The molecule has 35 heavy (non-hydrogen) atoms. The predicted molar refractivity (Wildman–Crippen MR) is 137 cm³/mol. The van der Waals surface area contributed by atoms with Crippen molar-refractivity contribution in [1.82, 2.24) is 5.01 Å². The standard InChI is InChI=1S/C30H28N2O3/c1-4-35-29(34)30(20-25-16-9-8-12-21(25)2)22(3)31(28(33)24-14-6-5-7-15-24)32-26-17-11-10-13-23(26)18-19-27(30)32/h5-19,27H,3-4,20H2,1-2H3/t27-,30+/m0/s1. The van der Waals surface area contributed by atoms with Gasteiger partial charge in [0, 0.05) is 5.56 Å². The lowest BCUT2D eigenvalue weighted by atomic mass is 9.72. The molecule has 2 aliphatic rings. The fourth-order valence-electron chi connectivity index (χ4n) is 5.17. The molecular formula is C30H28N2O3. The van der Waals surface area contributed by atoms with E-state index in [0.29, 0.717) is 17.7 Å². The van der Waals surface area contributed by atoms with Crippen LogP contribution in [-0.2, 0) is 16.0 Å². The van der Waals surface area contributed by atoms with Crippen molar-refractivity contribution in [2.24, 2.45) is 5.41 Å². The van der Waals surface area contributed by atoms with Crippen molar-refractivity contribution in [3.05, 3.63) is 119 Å². The maximum atomic E-state index is 14.0. The molecule has 0 saturated carbocycles. The van der Waals surface area contributed by atoms with Gasteiger partial charge >= 0.3 is 5.97 Å². The number of ether oxygens (including phenoxy) is 1. The van der Waals surface area contributed by atoms with Gasteiger partial charge < -0.3 is 4.74 Å². The number of anilines is 1. The number of carbonyl (C=O) groups excluding carboxylic acids is 2. The maximum absolute atomic E-state index is 14.0. The van der Waals surface area contributed by atoms with Crippen LogP contribution in [0.1, 0.15) is 34.0 Å². The van der Waals surface area contributed by atoms with Crippen LogP contribution in [0.25, 0.3) is 6.08 Å². The van der Waals surface area contributed by atoms with Crippen LogP contribution in [0.3, 0.4) is 0 Å². The van der Waals surface area contributed by atoms with Gasteiger partial charge in [0.05, 0.1) is 24.0 Å². The van der Waals surface area contributed by atoms with Gasteiger partial charge in [-0.1, -0.05) is 79.4 Å². The summed E-state index contributed by atoms with van der Waals surface area (Å²) in [6, 6.07) is 24.5. The number of carbonyl (C=O) groups is 2. The number of hydrazine groups is 1. The quantitative estimate of drug-likeness (QED) is 0.463. The van der Waals surface area contributed by atoms with Crippen molar-refractivity contribution in [2.75, 3.05) is 11.6 Å². The Kier molecular flexibility index (Phi) is 5.77. The summed E-state index contributed by atoms with van der Waals surface area (Å²) in [7, 11) is 0. The summed E-state index contributed by atoms with van der Waals surface area (Å²) in [6.07, 6.45) is 4.39. The van der Waals surface area contributed by atoms with Gasteiger partial charge in [-0.25, -0.2) is 5.01 Å². The molecule has 0 radical (unpaired) electrons. The van der Waals surface area contributed by atoms with Crippen molar-refractivity contribution >= 4 is 23.6 Å². The second-order valence-electron chi connectivity index (χ2n) is 8.93. The number of hydrogen-bond donors (Lipinski definition) is 0. The number of esters is 1. The highest BCUT2D eigenvalue weighted by atomic mass is 16.5. The first-order chi connectivity index (χ1) is 17.0. The van der Waals surface area contributed by atoms with Crippen LogP contribution in [-0.4, -0.2) is 29.5 Å². The lowest BCUT2D eigenvalue weighted by Gasteiger charge is -2.37. The van der Waals surface area contributed by atoms with E-state index in [0.717, 1.165) is 22.4 Å². The van der Waals surface area contributed by atoms with Crippen molar-refractivity contribution in [1.29, 1.82) is 0 Å². The Morgan fingerprint density at radius 2 is 1.66 bits per heavy atom. The molecule has 0 unspecified atom stereocenters. The summed E-state index contributed by atoms with van der Waals surface area (Å²) in [4.78, 5) is 27.8. The van der Waals surface area contributed by atoms with Crippen molar-refractivity contribution < 1.29 is 14.3 Å². The van der Waals surface area contributed by atoms with E-state index >= 15 is 0 Å². The molecule has 2 atom stereocenters. The second-order valence-corrected chi connectivity index (χ2v) is 8.93. The number of aryl methyl sites for hydroxylation is 1. The third-order valence-electron chi connectivity index (χ3n) is 6.98. The highest BCUT2D eigenvalue weighted by Crippen LogP contribution is 2.52. The second kappa shape index (κ2) is 8.91. The summed E-state index contributed by atoms with van der Waals surface area (Å²) in [5.41, 5.74) is 3.66. The largest absolute Gasteiger partial charge is 0.465 e. The topological polar surface area (TPSA) is 49.9 Å². The molecule has 1 amide bonds. The summed E-state index contributed by atoms with van der Waals surface area (Å²) in [5, 5.41) is 3.50. The van der Waals surface area contributed by atoms with Crippen LogP contribution in [0, 0.1) is 12.3 Å². The Labute approximate surface area is 205 Å². The van der Waals surface area contributed by atoms with Gasteiger partial charge in [-0.3, -0.25) is 14.6 Å². The van der Waals surface area contributed by atoms with Crippen LogP contribution in [0.4, 0.5) is 5.69 Å². The molecule has 2 heterocycles. The van der Waals surface area contributed by atoms with Gasteiger partial charge in [0.2, 0.25) is 0 Å². The average molecular weight is 465 g/mol. The number of nitrogens with zero attached hydrogens (tertiary/aromatic N) is 2. The fourth-order valence-corrected chi connectivity index (χ4v) is 5.17. The molecule has 0 bridgehead atoms. The zero-order valence-electron chi connectivity index (χ0n) is 20.0. The van der Waals surface area contributed by atoms with E-state index in [1.54, 1.807) is 24.1 Å². The number of amides is 1. The number of fused-ring (bicyclic) bond motifs is 3. The molecule has 0 aliphatic carbocycles. The average Bonchev–Trinajstić information content (AvgIpc) is 3.14. The van der Waals surface area contributed by atoms with Gasteiger partial charge in [0.1, 0.15) is 5.41 Å².